The topological polar surface area (TPSA) is 75.1 Å². The summed E-state index contributed by atoms with van der Waals surface area (Å²) in [5, 5.41) is 14.9. The Morgan fingerprint density at radius 1 is 1.45 bits per heavy atom. The summed E-state index contributed by atoms with van der Waals surface area (Å²) in [6.07, 6.45) is 4.47. The lowest BCUT2D eigenvalue weighted by molar-refractivity contribution is -0.121. The van der Waals surface area contributed by atoms with Gasteiger partial charge in [0.1, 0.15) is 5.01 Å². The molecule has 0 spiro atoms. The van der Waals surface area contributed by atoms with E-state index in [-0.39, 0.29) is 25.0 Å². The maximum atomic E-state index is 12.0. The molecule has 0 fully saturated rings. The minimum absolute atomic E-state index is 0.0398. The Morgan fingerprint density at radius 2 is 2.27 bits per heavy atom. The Hall–Kier alpha value is -1.79. The molecule has 118 valence electrons. The molecule has 2 heterocycles. The third-order valence-electron chi connectivity index (χ3n) is 3.14. The van der Waals surface area contributed by atoms with E-state index in [1.165, 1.54) is 11.3 Å². The van der Waals surface area contributed by atoms with Crippen LogP contribution < -0.4 is 5.32 Å². The number of thiazole rings is 1. The summed E-state index contributed by atoms with van der Waals surface area (Å²) in [6.45, 7) is 4.09. The second-order valence-corrected chi connectivity index (χ2v) is 6.50. The molecule has 2 N–H and O–H groups in total. The van der Waals surface area contributed by atoms with Crippen LogP contribution in [0.1, 0.15) is 26.0 Å². The molecule has 2 aromatic heterocycles. The van der Waals surface area contributed by atoms with Gasteiger partial charge in [0.25, 0.3) is 0 Å². The minimum atomic E-state index is -0.191. The molecular weight excluding hydrogens is 298 g/mol. The van der Waals surface area contributed by atoms with Gasteiger partial charge in [0.2, 0.25) is 5.91 Å². The molecule has 0 aliphatic carbocycles. The van der Waals surface area contributed by atoms with Gasteiger partial charge in [0.15, 0.2) is 0 Å². The van der Waals surface area contributed by atoms with Gasteiger partial charge in [0.05, 0.1) is 24.8 Å². The summed E-state index contributed by atoms with van der Waals surface area (Å²) in [4.78, 5) is 20.6. The van der Waals surface area contributed by atoms with Crippen molar-refractivity contribution < 1.29 is 9.90 Å². The number of hydrogen-bond donors (Lipinski definition) is 2. The molecule has 6 heteroatoms. The van der Waals surface area contributed by atoms with Crippen LogP contribution in [0, 0.1) is 5.92 Å². The molecular formula is C16H21N3O2S. The predicted molar refractivity (Wildman–Crippen MR) is 87.5 cm³/mol. The fourth-order valence-electron chi connectivity index (χ4n) is 2.20. The summed E-state index contributed by atoms with van der Waals surface area (Å²) in [5.74, 6) is 0.316. The van der Waals surface area contributed by atoms with Crippen LogP contribution in [0.4, 0.5) is 0 Å². The van der Waals surface area contributed by atoms with Crippen molar-refractivity contribution in [2.24, 2.45) is 5.92 Å². The Kier molecular flexibility index (Phi) is 6.03. The highest BCUT2D eigenvalue weighted by atomic mass is 32.1. The van der Waals surface area contributed by atoms with Crippen LogP contribution >= 0.6 is 11.3 Å². The van der Waals surface area contributed by atoms with E-state index >= 15 is 0 Å². The highest BCUT2D eigenvalue weighted by molar-refractivity contribution is 7.13. The van der Waals surface area contributed by atoms with Gasteiger partial charge < -0.3 is 10.4 Å². The van der Waals surface area contributed by atoms with E-state index in [9.17, 15) is 9.90 Å². The Labute approximate surface area is 134 Å². The van der Waals surface area contributed by atoms with Crippen molar-refractivity contribution in [1.29, 1.82) is 0 Å². The average molecular weight is 319 g/mol. The van der Waals surface area contributed by atoms with Gasteiger partial charge in [-0.2, -0.15) is 0 Å². The second kappa shape index (κ2) is 8.00. The van der Waals surface area contributed by atoms with Gasteiger partial charge in [-0.15, -0.1) is 11.3 Å². The number of nitrogens with one attached hydrogen (secondary N) is 1. The van der Waals surface area contributed by atoms with Crippen molar-refractivity contribution >= 4 is 17.2 Å². The SMILES string of the molecule is CC(C)CC(CO)NC(=O)Cc1csc(-c2cccnc2)n1. The molecule has 2 aromatic rings. The van der Waals surface area contributed by atoms with Crippen LogP contribution in [-0.4, -0.2) is 33.6 Å². The largest absolute Gasteiger partial charge is 0.394 e. The Bertz CT molecular complexity index is 598. The van der Waals surface area contributed by atoms with E-state index in [1.54, 1.807) is 12.4 Å². The number of hydrogen-bond acceptors (Lipinski definition) is 5. The highest BCUT2D eigenvalue weighted by Crippen LogP contribution is 2.22. The summed E-state index contributed by atoms with van der Waals surface area (Å²) >= 11 is 1.50. The maximum absolute atomic E-state index is 12.0. The van der Waals surface area contributed by atoms with Crippen molar-refractivity contribution in [3.8, 4) is 10.6 Å². The molecule has 0 aliphatic rings. The monoisotopic (exact) mass is 319 g/mol. The zero-order valence-corrected chi connectivity index (χ0v) is 13.6. The first kappa shape index (κ1) is 16.6. The summed E-state index contributed by atoms with van der Waals surface area (Å²) < 4.78 is 0. The fraction of sp³-hybridized carbons (Fsp3) is 0.438. The summed E-state index contributed by atoms with van der Waals surface area (Å²) in [7, 11) is 0. The van der Waals surface area contributed by atoms with Crippen molar-refractivity contribution in [3.05, 3.63) is 35.6 Å². The molecule has 0 radical (unpaired) electrons. The zero-order valence-electron chi connectivity index (χ0n) is 12.8. The Morgan fingerprint density at radius 3 is 2.91 bits per heavy atom. The van der Waals surface area contributed by atoms with Crippen LogP contribution in [-0.2, 0) is 11.2 Å². The lowest BCUT2D eigenvalue weighted by Gasteiger charge is -2.17. The van der Waals surface area contributed by atoms with Gasteiger partial charge in [-0.25, -0.2) is 4.98 Å². The predicted octanol–water partition coefficient (Wildman–Crippen LogP) is 2.27. The zero-order chi connectivity index (χ0) is 15.9. The minimum Gasteiger partial charge on any atom is -0.394 e. The van der Waals surface area contributed by atoms with Crippen LogP contribution in [0.5, 0.6) is 0 Å². The van der Waals surface area contributed by atoms with Crippen LogP contribution in [0.3, 0.4) is 0 Å². The molecule has 1 amide bonds. The van der Waals surface area contributed by atoms with Gasteiger partial charge in [-0.1, -0.05) is 13.8 Å². The van der Waals surface area contributed by atoms with Gasteiger partial charge in [-0.05, 0) is 24.5 Å². The van der Waals surface area contributed by atoms with E-state index in [1.807, 2.05) is 17.5 Å². The molecule has 0 saturated carbocycles. The molecule has 1 atom stereocenters. The number of pyridine rings is 1. The van der Waals surface area contributed by atoms with E-state index in [0.717, 1.165) is 22.7 Å². The highest BCUT2D eigenvalue weighted by Gasteiger charge is 2.15. The number of aliphatic hydroxyl groups excluding tert-OH is 1. The molecule has 0 aromatic carbocycles. The standard InChI is InChI=1S/C16H21N3O2S/c1-11(2)6-13(9-20)18-15(21)7-14-10-22-16(19-14)12-4-3-5-17-8-12/h3-5,8,10-11,13,20H,6-7,9H2,1-2H3,(H,18,21). The van der Waals surface area contributed by atoms with Crippen molar-refractivity contribution in [3.63, 3.8) is 0 Å². The lowest BCUT2D eigenvalue weighted by Crippen LogP contribution is -2.39. The number of aliphatic hydroxyl groups is 1. The molecule has 0 bridgehead atoms. The maximum Gasteiger partial charge on any atom is 0.226 e. The van der Waals surface area contributed by atoms with Crippen molar-refractivity contribution in [2.75, 3.05) is 6.61 Å². The van der Waals surface area contributed by atoms with Gasteiger partial charge in [0, 0.05) is 23.3 Å². The van der Waals surface area contributed by atoms with Crippen molar-refractivity contribution in [1.82, 2.24) is 15.3 Å². The molecule has 5 nitrogen and oxygen atoms in total. The Balaban J connectivity index is 1.94. The first-order valence-corrected chi connectivity index (χ1v) is 8.21. The van der Waals surface area contributed by atoms with E-state index in [0.29, 0.717) is 5.92 Å². The van der Waals surface area contributed by atoms with E-state index < -0.39 is 0 Å². The van der Waals surface area contributed by atoms with Crippen molar-refractivity contribution in [2.45, 2.75) is 32.7 Å². The van der Waals surface area contributed by atoms with Gasteiger partial charge in [-0.3, -0.25) is 9.78 Å². The van der Waals surface area contributed by atoms with E-state index in [4.69, 9.17) is 0 Å². The number of nitrogens with zero attached hydrogens (tertiary/aromatic N) is 2. The van der Waals surface area contributed by atoms with Crippen LogP contribution in [0.25, 0.3) is 10.6 Å². The number of carbonyl (C=O) groups excluding carboxylic acids is 1. The van der Waals surface area contributed by atoms with Gasteiger partial charge >= 0.3 is 0 Å². The van der Waals surface area contributed by atoms with Crippen LogP contribution in [0.15, 0.2) is 29.9 Å². The first-order chi connectivity index (χ1) is 10.6. The fourth-order valence-corrected chi connectivity index (χ4v) is 3.01. The summed E-state index contributed by atoms with van der Waals surface area (Å²) in [6, 6.07) is 3.62. The number of aromatic nitrogens is 2. The normalized spacial score (nSPS) is 12.4. The quantitative estimate of drug-likeness (QED) is 0.821. The first-order valence-electron chi connectivity index (χ1n) is 7.33. The average Bonchev–Trinajstić information content (AvgIpc) is 2.95. The second-order valence-electron chi connectivity index (χ2n) is 5.64. The summed E-state index contributed by atoms with van der Waals surface area (Å²) in [5.41, 5.74) is 1.69. The molecule has 0 aliphatic heterocycles. The number of rotatable bonds is 7. The molecule has 0 saturated heterocycles. The smallest absolute Gasteiger partial charge is 0.226 e. The lowest BCUT2D eigenvalue weighted by atomic mass is 10.0. The third kappa shape index (κ3) is 4.89. The van der Waals surface area contributed by atoms with E-state index in [2.05, 4.69) is 29.1 Å². The van der Waals surface area contributed by atoms with Crippen LogP contribution in [0.2, 0.25) is 0 Å². The number of amides is 1. The molecule has 1 unspecified atom stereocenters. The third-order valence-corrected chi connectivity index (χ3v) is 4.08. The number of carbonyl (C=O) groups is 1. The molecule has 22 heavy (non-hydrogen) atoms. The molecule has 2 rings (SSSR count).